The van der Waals surface area contributed by atoms with E-state index in [1.165, 1.54) is 4.31 Å². The summed E-state index contributed by atoms with van der Waals surface area (Å²) in [5.41, 5.74) is 1.40. The molecule has 1 aliphatic rings. The molecule has 0 amide bonds. The Morgan fingerprint density at radius 1 is 1.33 bits per heavy atom. The lowest BCUT2D eigenvalue weighted by molar-refractivity contribution is 0.0632. The van der Waals surface area contributed by atoms with Crippen molar-refractivity contribution in [1.29, 1.82) is 0 Å². The number of nitrogens with zero attached hydrogens (tertiary/aromatic N) is 1. The highest BCUT2D eigenvalue weighted by Gasteiger charge is 2.30. The second-order valence-electron chi connectivity index (χ2n) is 5.32. The largest absolute Gasteiger partial charge is 0.392 e. The molecule has 1 aromatic carbocycles. The van der Waals surface area contributed by atoms with Crippen LogP contribution in [0.5, 0.6) is 0 Å². The summed E-state index contributed by atoms with van der Waals surface area (Å²) in [6, 6.07) is 5.12. The van der Waals surface area contributed by atoms with Gasteiger partial charge >= 0.3 is 0 Å². The Kier molecular flexibility index (Phi) is 5.37. The van der Waals surface area contributed by atoms with Gasteiger partial charge in [0, 0.05) is 26.3 Å². The number of benzene rings is 1. The first-order valence-electron chi connectivity index (χ1n) is 7.29. The highest BCUT2D eigenvalue weighted by Crippen LogP contribution is 2.26. The van der Waals surface area contributed by atoms with Gasteiger partial charge in [-0.2, -0.15) is 4.31 Å². The molecule has 21 heavy (non-hydrogen) atoms. The van der Waals surface area contributed by atoms with E-state index in [9.17, 15) is 13.5 Å². The van der Waals surface area contributed by atoms with Crippen LogP contribution in [0.15, 0.2) is 23.1 Å². The fourth-order valence-electron chi connectivity index (χ4n) is 2.63. The normalized spacial score (nSPS) is 17.3. The van der Waals surface area contributed by atoms with Crippen LogP contribution < -0.4 is 0 Å². The number of hydrogen-bond donors (Lipinski definition) is 1. The lowest BCUT2D eigenvalue weighted by Crippen LogP contribution is -2.40. The van der Waals surface area contributed by atoms with Crippen LogP contribution in [0.25, 0.3) is 0 Å². The van der Waals surface area contributed by atoms with Gasteiger partial charge in [-0.25, -0.2) is 8.42 Å². The third-order valence-electron chi connectivity index (χ3n) is 4.06. The number of rotatable bonds is 5. The zero-order valence-corrected chi connectivity index (χ0v) is 13.4. The van der Waals surface area contributed by atoms with Gasteiger partial charge in [0.25, 0.3) is 0 Å². The summed E-state index contributed by atoms with van der Waals surface area (Å²) in [5.74, 6) is 0. The standard InChI is InChI=1S/C15H23NO4S/c1-3-13-5-4-12(11-17)10-15(13)21(18,19)16(2)14-6-8-20-9-7-14/h4-5,10,14,17H,3,6-9,11H2,1-2H3. The molecule has 1 aliphatic heterocycles. The van der Waals surface area contributed by atoms with Crippen LogP contribution in [0, 0.1) is 0 Å². The van der Waals surface area contributed by atoms with E-state index in [4.69, 9.17) is 4.74 Å². The first kappa shape index (κ1) is 16.4. The third kappa shape index (κ3) is 3.45. The Morgan fingerprint density at radius 3 is 2.57 bits per heavy atom. The number of sulfonamides is 1. The molecule has 0 aliphatic carbocycles. The Labute approximate surface area is 126 Å². The summed E-state index contributed by atoms with van der Waals surface area (Å²) in [4.78, 5) is 0.311. The van der Waals surface area contributed by atoms with Crippen LogP contribution in [-0.4, -0.2) is 44.1 Å². The molecule has 0 aromatic heterocycles. The van der Waals surface area contributed by atoms with Gasteiger partial charge in [0.2, 0.25) is 10.0 Å². The van der Waals surface area contributed by atoms with Gasteiger partial charge in [-0.3, -0.25) is 0 Å². The summed E-state index contributed by atoms with van der Waals surface area (Å²) in [7, 11) is -1.91. The molecule has 6 heteroatoms. The maximum Gasteiger partial charge on any atom is 0.243 e. The van der Waals surface area contributed by atoms with Gasteiger partial charge in [-0.05, 0) is 36.5 Å². The number of hydrogen-bond acceptors (Lipinski definition) is 4. The summed E-state index contributed by atoms with van der Waals surface area (Å²) >= 11 is 0. The lowest BCUT2D eigenvalue weighted by atomic mass is 10.1. The molecule has 0 bridgehead atoms. The molecule has 2 rings (SSSR count). The van der Waals surface area contributed by atoms with Crippen molar-refractivity contribution in [2.24, 2.45) is 0 Å². The first-order valence-corrected chi connectivity index (χ1v) is 8.73. The van der Waals surface area contributed by atoms with Gasteiger partial charge in [-0.1, -0.05) is 19.1 Å². The number of aryl methyl sites for hydroxylation is 1. The van der Waals surface area contributed by atoms with Crippen molar-refractivity contribution in [3.05, 3.63) is 29.3 Å². The molecule has 1 aromatic rings. The molecule has 0 saturated carbocycles. The van der Waals surface area contributed by atoms with Crippen molar-refractivity contribution in [2.75, 3.05) is 20.3 Å². The molecule has 1 heterocycles. The molecule has 0 radical (unpaired) electrons. The van der Waals surface area contributed by atoms with E-state index in [1.807, 2.05) is 6.92 Å². The van der Waals surface area contributed by atoms with Gasteiger partial charge in [-0.15, -0.1) is 0 Å². The molecule has 0 spiro atoms. The van der Waals surface area contributed by atoms with Gasteiger partial charge in [0.1, 0.15) is 0 Å². The fraction of sp³-hybridized carbons (Fsp3) is 0.600. The molecule has 118 valence electrons. The molecule has 1 saturated heterocycles. The molecule has 5 nitrogen and oxygen atoms in total. The van der Waals surface area contributed by atoms with Gasteiger partial charge in [0.15, 0.2) is 0 Å². The van der Waals surface area contributed by atoms with E-state index in [0.717, 1.165) is 18.4 Å². The van der Waals surface area contributed by atoms with E-state index in [2.05, 4.69) is 0 Å². The maximum atomic E-state index is 12.9. The van der Waals surface area contributed by atoms with E-state index < -0.39 is 10.0 Å². The van der Waals surface area contributed by atoms with Crippen molar-refractivity contribution < 1.29 is 18.3 Å². The smallest absolute Gasteiger partial charge is 0.243 e. The SMILES string of the molecule is CCc1ccc(CO)cc1S(=O)(=O)N(C)C1CCOCC1. The zero-order valence-electron chi connectivity index (χ0n) is 12.6. The van der Waals surface area contributed by atoms with E-state index >= 15 is 0 Å². The average Bonchev–Trinajstić information content (AvgIpc) is 2.54. The summed E-state index contributed by atoms with van der Waals surface area (Å²) in [5, 5.41) is 9.25. The minimum atomic E-state index is -3.55. The second kappa shape index (κ2) is 6.87. The summed E-state index contributed by atoms with van der Waals surface area (Å²) in [6.45, 7) is 2.97. The second-order valence-corrected chi connectivity index (χ2v) is 7.28. The summed E-state index contributed by atoms with van der Waals surface area (Å²) in [6.07, 6.45) is 2.08. The Hall–Kier alpha value is -0.950. The van der Waals surface area contributed by atoms with Crippen molar-refractivity contribution in [3.63, 3.8) is 0 Å². The lowest BCUT2D eigenvalue weighted by Gasteiger charge is -2.31. The summed E-state index contributed by atoms with van der Waals surface area (Å²) < 4.78 is 32.5. The van der Waals surface area contributed by atoms with Crippen LogP contribution >= 0.6 is 0 Å². The topological polar surface area (TPSA) is 66.8 Å². The molecule has 1 N–H and O–H groups in total. The van der Waals surface area contributed by atoms with Crippen LogP contribution in [0.3, 0.4) is 0 Å². The van der Waals surface area contributed by atoms with Crippen molar-refractivity contribution >= 4 is 10.0 Å². The number of ether oxygens (including phenoxy) is 1. The highest BCUT2D eigenvalue weighted by atomic mass is 32.2. The monoisotopic (exact) mass is 313 g/mol. The van der Waals surface area contributed by atoms with Crippen molar-refractivity contribution in [1.82, 2.24) is 4.31 Å². The van der Waals surface area contributed by atoms with Crippen molar-refractivity contribution in [2.45, 2.75) is 43.7 Å². The van der Waals surface area contributed by atoms with Gasteiger partial charge < -0.3 is 9.84 Å². The average molecular weight is 313 g/mol. The number of aliphatic hydroxyl groups excluding tert-OH is 1. The zero-order chi connectivity index (χ0) is 15.5. The predicted octanol–water partition coefficient (Wildman–Crippen LogP) is 1.54. The molecular weight excluding hydrogens is 290 g/mol. The van der Waals surface area contributed by atoms with Crippen LogP contribution in [-0.2, 0) is 27.8 Å². The van der Waals surface area contributed by atoms with Gasteiger partial charge in [0.05, 0.1) is 11.5 Å². The maximum absolute atomic E-state index is 12.9. The molecule has 0 unspecified atom stereocenters. The van der Waals surface area contributed by atoms with E-state index in [-0.39, 0.29) is 12.6 Å². The van der Waals surface area contributed by atoms with E-state index in [1.54, 1.807) is 25.2 Å². The minimum Gasteiger partial charge on any atom is -0.392 e. The predicted molar refractivity (Wildman–Crippen MR) is 80.5 cm³/mol. The quantitative estimate of drug-likeness (QED) is 0.895. The van der Waals surface area contributed by atoms with Crippen LogP contribution in [0.1, 0.15) is 30.9 Å². The third-order valence-corrected chi connectivity index (χ3v) is 6.05. The highest BCUT2D eigenvalue weighted by molar-refractivity contribution is 7.89. The number of aliphatic hydroxyl groups is 1. The Bertz CT molecular complexity index is 579. The first-order chi connectivity index (χ1) is 10.0. The molecule has 1 fully saturated rings. The minimum absolute atomic E-state index is 0.0220. The Morgan fingerprint density at radius 2 is 2.00 bits per heavy atom. The Balaban J connectivity index is 2.37. The van der Waals surface area contributed by atoms with Crippen molar-refractivity contribution in [3.8, 4) is 0 Å². The molecular formula is C15H23NO4S. The van der Waals surface area contributed by atoms with Crippen LogP contribution in [0.4, 0.5) is 0 Å². The van der Waals surface area contributed by atoms with E-state index in [0.29, 0.717) is 30.1 Å². The fourth-order valence-corrected chi connectivity index (χ4v) is 4.39. The molecule has 0 atom stereocenters. The van der Waals surface area contributed by atoms with Crippen LogP contribution in [0.2, 0.25) is 0 Å².